The van der Waals surface area contributed by atoms with Crippen LogP contribution in [0.25, 0.3) is 0 Å². The first-order valence-electron chi connectivity index (χ1n) is 7.84. The van der Waals surface area contributed by atoms with Crippen LogP contribution in [0.5, 0.6) is 0 Å². The van der Waals surface area contributed by atoms with Gasteiger partial charge in [-0.1, -0.05) is 12.5 Å². The number of hydrogen-bond acceptors (Lipinski definition) is 3. The van der Waals surface area contributed by atoms with Crippen molar-refractivity contribution >= 4 is 29.7 Å². The minimum atomic E-state index is 0. The summed E-state index contributed by atoms with van der Waals surface area (Å²) in [5.74, 6) is 1.83. The predicted octanol–water partition coefficient (Wildman–Crippen LogP) is 2.95. The number of rotatable bonds is 6. The molecule has 3 heterocycles. The minimum Gasteiger partial charge on any atom is -0.342 e. The molecule has 2 aliphatic heterocycles. The average Bonchev–Trinajstić information content (AvgIpc) is 3.14. The van der Waals surface area contributed by atoms with Crippen LogP contribution in [0.15, 0.2) is 17.5 Å². The summed E-state index contributed by atoms with van der Waals surface area (Å²) in [6.45, 7) is 4.20. The van der Waals surface area contributed by atoms with E-state index in [1.807, 2.05) is 11.3 Å². The summed E-state index contributed by atoms with van der Waals surface area (Å²) in [4.78, 5) is 15.8. The first-order valence-corrected chi connectivity index (χ1v) is 8.72. The number of nitrogens with one attached hydrogen (secondary N) is 1. The van der Waals surface area contributed by atoms with Crippen LogP contribution in [0.2, 0.25) is 0 Å². The minimum absolute atomic E-state index is 0. The zero-order chi connectivity index (χ0) is 13.8. The molecule has 2 fully saturated rings. The van der Waals surface area contributed by atoms with Crippen LogP contribution in [0.4, 0.5) is 0 Å². The van der Waals surface area contributed by atoms with Crippen LogP contribution >= 0.6 is 23.7 Å². The molecular formula is C16H25ClN2OS. The molecule has 0 spiro atoms. The van der Waals surface area contributed by atoms with E-state index < -0.39 is 0 Å². The number of unbranched alkanes of at least 4 members (excludes halogenated alkanes) is 2. The third-order valence-corrected chi connectivity index (χ3v) is 5.57. The standard InChI is InChI=1S/C16H24N2OS.ClH/c19-16(18-11-13-9-17-10-14(13)12-18)7-3-1-2-5-15-6-4-8-20-15;/h4,6,8,13-14,17H,1-3,5,7,9-12H2;1H/t13-,14+;. The van der Waals surface area contributed by atoms with Crippen LogP contribution < -0.4 is 5.32 Å². The van der Waals surface area contributed by atoms with Gasteiger partial charge in [0.25, 0.3) is 0 Å². The molecule has 2 aliphatic rings. The summed E-state index contributed by atoms with van der Waals surface area (Å²) in [6.07, 6.45) is 5.35. The van der Waals surface area contributed by atoms with Crippen molar-refractivity contribution < 1.29 is 4.79 Å². The van der Waals surface area contributed by atoms with Gasteiger partial charge in [0.2, 0.25) is 5.91 Å². The Balaban J connectivity index is 0.00000161. The molecule has 3 rings (SSSR count). The quantitative estimate of drug-likeness (QED) is 0.814. The van der Waals surface area contributed by atoms with E-state index in [2.05, 4.69) is 27.7 Å². The van der Waals surface area contributed by atoms with Gasteiger partial charge < -0.3 is 10.2 Å². The Morgan fingerprint density at radius 1 is 1.24 bits per heavy atom. The van der Waals surface area contributed by atoms with E-state index in [1.165, 1.54) is 24.1 Å². The SMILES string of the molecule is Cl.O=C(CCCCCc1cccs1)N1C[C@H]2CNC[C@H]2C1. The van der Waals surface area contributed by atoms with Crippen molar-refractivity contribution in [2.75, 3.05) is 26.2 Å². The van der Waals surface area contributed by atoms with Gasteiger partial charge in [-0.15, -0.1) is 23.7 Å². The highest BCUT2D eigenvalue weighted by atomic mass is 35.5. The summed E-state index contributed by atoms with van der Waals surface area (Å²) in [5.41, 5.74) is 0. The van der Waals surface area contributed by atoms with Gasteiger partial charge >= 0.3 is 0 Å². The van der Waals surface area contributed by atoms with E-state index in [-0.39, 0.29) is 12.4 Å². The number of fused-ring (bicyclic) bond motifs is 1. The number of carbonyl (C=O) groups excluding carboxylic acids is 1. The molecule has 5 heteroatoms. The van der Waals surface area contributed by atoms with Crippen molar-refractivity contribution in [1.29, 1.82) is 0 Å². The molecule has 1 N–H and O–H groups in total. The molecule has 2 saturated heterocycles. The number of nitrogens with zero attached hydrogens (tertiary/aromatic N) is 1. The Morgan fingerprint density at radius 2 is 2.00 bits per heavy atom. The normalized spacial score (nSPS) is 23.9. The maximum absolute atomic E-state index is 12.2. The number of aryl methyl sites for hydroxylation is 1. The molecule has 0 aliphatic carbocycles. The molecule has 21 heavy (non-hydrogen) atoms. The van der Waals surface area contributed by atoms with Crippen molar-refractivity contribution in [3.05, 3.63) is 22.4 Å². The van der Waals surface area contributed by atoms with Gasteiger partial charge in [0.05, 0.1) is 0 Å². The average molecular weight is 329 g/mol. The predicted molar refractivity (Wildman–Crippen MR) is 90.2 cm³/mol. The van der Waals surface area contributed by atoms with E-state index in [9.17, 15) is 4.79 Å². The second-order valence-corrected chi connectivity index (χ2v) is 7.15. The van der Waals surface area contributed by atoms with Gasteiger partial charge in [0, 0.05) is 37.5 Å². The summed E-state index contributed by atoms with van der Waals surface area (Å²) >= 11 is 1.84. The Morgan fingerprint density at radius 3 is 2.67 bits per heavy atom. The second-order valence-electron chi connectivity index (χ2n) is 6.12. The molecule has 0 saturated carbocycles. The molecule has 1 aromatic rings. The monoisotopic (exact) mass is 328 g/mol. The van der Waals surface area contributed by atoms with E-state index in [4.69, 9.17) is 0 Å². The van der Waals surface area contributed by atoms with Crippen LogP contribution in [-0.2, 0) is 11.2 Å². The Labute approximate surface area is 137 Å². The lowest BCUT2D eigenvalue weighted by Gasteiger charge is -2.17. The lowest BCUT2D eigenvalue weighted by Crippen LogP contribution is -2.31. The third kappa shape index (κ3) is 4.44. The Hall–Kier alpha value is -0.580. The molecule has 3 nitrogen and oxygen atoms in total. The molecule has 0 bridgehead atoms. The van der Waals surface area contributed by atoms with E-state index in [1.54, 1.807) is 0 Å². The van der Waals surface area contributed by atoms with Crippen molar-refractivity contribution in [3.8, 4) is 0 Å². The second kappa shape index (κ2) is 8.16. The lowest BCUT2D eigenvalue weighted by molar-refractivity contribution is -0.130. The fourth-order valence-electron chi connectivity index (χ4n) is 3.42. The molecule has 0 radical (unpaired) electrons. The first-order chi connectivity index (χ1) is 9.83. The highest BCUT2D eigenvalue weighted by molar-refractivity contribution is 7.09. The number of thiophene rings is 1. The molecule has 0 unspecified atom stereocenters. The summed E-state index contributed by atoms with van der Waals surface area (Å²) < 4.78 is 0. The zero-order valence-electron chi connectivity index (χ0n) is 12.4. The van der Waals surface area contributed by atoms with Gasteiger partial charge in [-0.2, -0.15) is 0 Å². The maximum Gasteiger partial charge on any atom is 0.222 e. The van der Waals surface area contributed by atoms with Crippen LogP contribution in [-0.4, -0.2) is 37.0 Å². The number of likely N-dealkylation sites (tertiary alicyclic amines) is 1. The van der Waals surface area contributed by atoms with Gasteiger partial charge in [-0.3, -0.25) is 4.79 Å². The number of halogens is 1. The van der Waals surface area contributed by atoms with Crippen molar-refractivity contribution in [2.45, 2.75) is 32.1 Å². The summed E-state index contributed by atoms with van der Waals surface area (Å²) in [7, 11) is 0. The summed E-state index contributed by atoms with van der Waals surface area (Å²) in [6, 6.07) is 4.31. The van der Waals surface area contributed by atoms with Crippen LogP contribution in [0, 0.1) is 11.8 Å². The molecule has 1 aromatic heterocycles. The molecular weight excluding hydrogens is 304 g/mol. The van der Waals surface area contributed by atoms with Gasteiger partial charge in [0.1, 0.15) is 0 Å². The van der Waals surface area contributed by atoms with Crippen molar-refractivity contribution in [1.82, 2.24) is 10.2 Å². The number of amides is 1. The lowest BCUT2D eigenvalue weighted by atomic mass is 10.0. The van der Waals surface area contributed by atoms with Crippen molar-refractivity contribution in [3.63, 3.8) is 0 Å². The van der Waals surface area contributed by atoms with Gasteiger partial charge in [-0.25, -0.2) is 0 Å². The van der Waals surface area contributed by atoms with Crippen LogP contribution in [0.1, 0.15) is 30.6 Å². The smallest absolute Gasteiger partial charge is 0.222 e. The first kappa shape index (κ1) is 16.8. The highest BCUT2D eigenvalue weighted by Gasteiger charge is 2.37. The number of carbonyl (C=O) groups is 1. The number of hydrogen-bond donors (Lipinski definition) is 1. The van der Waals surface area contributed by atoms with E-state index in [0.29, 0.717) is 5.91 Å². The fraction of sp³-hybridized carbons (Fsp3) is 0.688. The summed E-state index contributed by atoms with van der Waals surface area (Å²) in [5, 5.41) is 5.56. The Bertz CT molecular complexity index is 425. The molecule has 0 aromatic carbocycles. The van der Waals surface area contributed by atoms with E-state index in [0.717, 1.165) is 50.9 Å². The topological polar surface area (TPSA) is 32.3 Å². The molecule has 2 atom stereocenters. The zero-order valence-corrected chi connectivity index (χ0v) is 14.1. The van der Waals surface area contributed by atoms with E-state index >= 15 is 0 Å². The van der Waals surface area contributed by atoms with Crippen LogP contribution in [0.3, 0.4) is 0 Å². The van der Waals surface area contributed by atoms with Crippen molar-refractivity contribution in [2.24, 2.45) is 11.8 Å². The highest BCUT2D eigenvalue weighted by Crippen LogP contribution is 2.26. The largest absolute Gasteiger partial charge is 0.342 e. The maximum atomic E-state index is 12.2. The third-order valence-electron chi connectivity index (χ3n) is 4.64. The Kier molecular flexibility index (Phi) is 6.52. The fourth-order valence-corrected chi connectivity index (χ4v) is 4.18. The van der Waals surface area contributed by atoms with Gasteiger partial charge in [0.15, 0.2) is 0 Å². The van der Waals surface area contributed by atoms with Gasteiger partial charge in [-0.05, 0) is 42.5 Å². The molecule has 118 valence electrons. The molecule has 1 amide bonds.